The highest BCUT2D eigenvalue weighted by atomic mass is 16.2. The lowest BCUT2D eigenvalue weighted by atomic mass is 9.66. The van der Waals surface area contributed by atoms with E-state index in [-0.39, 0.29) is 42.3 Å². The molecule has 2 aromatic carbocycles. The molecular formula is C35H45N9O3. The van der Waals surface area contributed by atoms with Gasteiger partial charge in [-0.1, -0.05) is 26.0 Å². The Morgan fingerprint density at radius 3 is 2.00 bits per heavy atom. The number of aromatic amines is 1. The van der Waals surface area contributed by atoms with Gasteiger partial charge in [0.1, 0.15) is 6.04 Å². The lowest BCUT2D eigenvalue weighted by Gasteiger charge is -2.39. The summed E-state index contributed by atoms with van der Waals surface area (Å²) in [5.41, 5.74) is 4.13. The molecule has 1 aromatic heterocycles. The SMILES string of the molecule is CCNC(=O)c1ccc2c(c1)CCc1cc(C(=O)NCC)ccc1C2(C[C@H](NCC(=O)N(C(C)C#N)C1CC1)C(C)C)c1nnn[nH]1. The fourth-order valence-electron chi connectivity index (χ4n) is 6.90. The minimum atomic E-state index is -0.911. The van der Waals surface area contributed by atoms with Crippen LogP contribution >= 0.6 is 0 Å². The van der Waals surface area contributed by atoms with Crippen molar-refractivity contribution >= 4 is 17.7 Å². The van der Waals surface area contributed by atoms with Gasteiger partial charge in [-0.2, -0.15) is 5.26 Å². The average Bonchev–Trinajstić information content (AvgIpc) is 3.76. The number of H-pyrrole nitrogens is 1. The molecule has 1 unspecified atom stereocenters. The van der Waals surface area contributed by atoms with Gasteiger partial charge in [0.25, 0.3) is 11.8 Å². The molecule has 0 spiro atoms. The number of carbonyl (C=O) groups excluding carboxylic acids is 3. The highest BCUT2D eigenvalue weighted by molar-refractivity contribution is 5.95. The van der Waals surface area contributed by atoms with Gasteiger partial charge in [0.2, 0.25) is 5.91 Å². The maximum absolute atomic E-state index is 13.5. The van der Waals surface area contributed by atoms with Crippen LogP contribution in [0.2, 0.25) is 0 Å². The number of benzene rings is 2. The zero-order valence-electron chi connectivity index (χ0n) is 27.9. The Bertz CT molecular complexity index is 1570. The summed E-state index contributed by atoms with van der Waals surface area (Å²) in [6.45, 7) is 10.9. The van der Waals surface area contributed by atoms with Crippen molar-refractivity contribution in [3.05, 3.63) is 75.6 Å². The smallest absolute Gasteiger partial charge is 0.251 e. The van der Waals surface area contributed by atoms with Crippen LogP contribution in [0.4, 0.5) is 0 Å². The molecule has 1 fully saturated rings. The summed E-state index contributed by atoms with van der Waals surface area (Å²) in [6.07, 6.45) is 3.58. The van der Waals surface area contributed by atoms with E-state index in [0.717, 1.165) is 35.1 Å². The van der Waals surface area contributed by atoms with Gasteiger partial charge in [-0.05, 0) is 116 Å². The summed E-state index contributed by atoms with van der Waals surface area (Å²) in [4.78, 5) is 41.1. The minimum Gasteiger partial charge on any atom is -0.352 e. The van der Waals surface area contributed by atoms with E-state index < -0.39 is 11.5 Å². The van der Waals surface area contributed by atoms with Crippen LogP contribution in [0.1, 0.15) is 103 Å². The van der Waals surface area contributed by atoms with E-state index in [1.807, 2.05) is 50.2 Å². The number of aryl methyl sites for hydroxylation is 2. The van der Waals surface area contributed by atoms with Crippen LogP contribution in [0.25, 0.3) is 0 Å². The fraction of sp³-hybridized carbons (Fsp3) is 0.514. The van der Waals surface area contributed by atoms with Crippen LogP contribution in [0.5, 0.6) is 0 Å². The number of aromatic nitrogens is 4. The maximum atomic E-state index is 13.5. The Labute approximate surface area is 276 Å². The van der Waals surface area contributed by atoms with E-state index in [0.29, 0.717) is 49.3 Å². The first-order valence-corrected chi connectivity index (χ1v) is 16.7. The van der Waals surface area contributed by atoms with Crippen molar-refractivity contribution in [1.82, 2.24) is 41.5 Å². The van der Waals surface area contributed by atoms with Crippen molar-refractivity contribution in [2.45, 2.75) is 90.3 Å². The minimum absolute atomic E-state index is 0.0854. The molecule has 5 rings (SSSR count). The van der Waals surface area contributed by atoms with Crippen molar-refractivity contribution < 1.29 is 14.4 Å². The number of nitrogens with one attached hydrogen (secondary N) is 4. The Balaban J connectivity index is 1.63. The topological polar surface area (TPSA) is 169 Å². The average molecular weight is 640 g/mol. The second-order valence-corrected chi connectivity index (χ2v) is 12.9. The van der Waals surface area contributed by atoms with E-state index in [4.69, 9.17) is 0 Å². The molecule has 1 heterocycles. The number of tetrazole rings is 1. The van der Waals surface area contributed by atoms with Crippen LogP contribution < -0.4 is 16.0 Å². The van der Waals surface area contributed by atoms with Crippen LogP contribution in [-0.2, 0) is 23.1 Å². The van der Waals surface area contributed by atoms with Gasteiger partial charge in [0.15, 0.2) is 5.82 Å². The number of amides is 3. The van der Waals surface area contributed by atoms with E-state index >= 15 is 0 Å². The Hall–Kier alpha value is -4.63. The molecule has 0 aliphatic heterocycles. The van der Waals surface area contributed by atoms with Crippen molar-refractivity contribution in [2.75, 3.05) is 19.6 Å². The van der Waals surface area contributed by atoms with Gasteiger partial charge in [-0.25, -0.2) is 5.10 Å². The zero-order chi connectivity index (χ0) is 33.7. The highest BCUT2D eigenvalue weighted by Gasteiger charge is 2.46. The molecule has 1 saturated carbocycles. The molecular weight excluding hydrogens is 594 g/mol. The Morgan fingerprint density at radius 2 is 1.55 bits per heavy atom. The number of carbonyl (C=O) groups is 3. The molecule has 47 heavy (non-hydrogen) atoms. The van der Waals surface area contributed by atoms with Crippen molar-refractivity contribution in [1.29, 1.82) is 5.26 Å². The van der Waals surface area contributed by atoms with E-state index in [1.165, 1.54) is 0 Å². The molecule has 3 amide bonds. The lowest BCUT2D eigenvalue weighted by Crippen LogP contribution is -2.49. The number of fused-ring (bicyclic) bond motifs is 2. The summed E-state index contributed by atoms with van der Waals surface area (Å²) in [6, 6.07) is 13.2. The summed E-state index contributed by atoms with van der Waals surface area (Å²) < 4.78 is 0. The van der Waals surface area contributed by atoms with Crippen LogP contribution in [-0.4, -0.2) is 81.0 Å². The van der Waals surface area contributed by atoms with Gasteiger partial charge >= 0.3 is 0 Å². The van der Waals surface area contributed by atoms with E-state index in [2.05, 4.69) is 56.5 Å². The molecule has 248 valence electrons. The molecule has 0 radical (unpaired) electrons. The van der Waals surface area contributed by atoms with E-state index in [9.17, 15) is 19.6 Å². The predicted octanol–water partition coefficient (Wildman–Crippen LogP) is 3.04. The Morgan fingerprint density at radius 1 is 0.979 bits per heavy atom. The van der Waals surface area contributed by atoms with Gasteiger partial charge in [-0.15, -0.1) is 5.10 Å². The van der Waals surface area contributed by atoms with Gasteiger partial charge in [0.05, 0.1) is 18.0 Å². The predicted molar refractivity (Wildman–Crippen MR) is 177 cm³/mol. The molecule has 0 saturated heterocycles. The quantitative estimate of drug-likeness (QED) is 0.221. The normalized spacial score (nSPS) is 16.2. The third kappa shape index (κ3) is 6.90. The monoisotopic (exact) mass is 639 g/mol. The van der Waals surface area contributed by atoms with Crippen LogP contribution in [0.15, 0.2) is 36.4 Å². The second-order valence-electron chi connectivity index (χ2n) is 12.9. The summed E-state index contributed by atoms with van der Waals surface area (Å²) in [7, 11) is 0. The largest absolute Gasteiger partial charge is 0.352 e. The summed E-state index contributed by atoms with van der Waals surface area (Å²) in [5, 5.41) is 34.6. The summed E-state index contributed by atoms with van der Waals surface area (Å²) in [5.74, 6) is 0.249. The van der Waals surface area contributed by atoms with Crippen LogP contribution in [0, 0.1) is 17.2 Å². The molecule has 2 atom stereocenters. The third-order valence-corrected chi connectivity index (χ3v) is 9.42. The summed E-state index contributed by atoms with van der Waals surface area (Å²) >= 11 is 0. The molecule has 12 heteroatoms. The fourth-order valence-corrected chi connectivity index (χ4v) is 6.90. The molecule has 4 N–H and O–H groups in total. The first-order valence-electron chi connectivity index (χ1n) is 16.7. The highest BCUT2D eigenvalue weighted by Crippen LogP contribution is 2.47. The van der Waals surface area contributed by atoms with Gasteiger partial charge in [-0.3, -0.25) is 14.4 Å². The van der Waals surface area contributed by atoms with Crippen molar-refractivity contribution in [3.8, 4) is 6.07 Å². The Kier molecular flexibility index (Phi) is 10.3. The number of hydrogen-bond donors (Lipinski definition) is 4. The molecule has 12 nitrogen and oxygen atoms in total. The molecule has 3 aromatic rings. The number of nitriles is 1. The number of rotatable bonds is 13. The first-order chi connectivity index (χ1) is 22.6. The molecule has 2 aliphatic carbocycles. The standard InChI is InChI=1S/C35H45N9O3/c1-6-37-32(46)25-10-14-28-23(16-25)8-9-24-17-26(33(47)38-7-2)11-15-29(24)35(28,34-40-42-43-41-34)18-30(21(3)4)39-20-31(45)44(22(5)19-36)27-12-13-27/h10-11,14-17,21-22,27,30,39H,6-9,12-13,18,20H2,1-5H3,(H,37,46)(H,38,47)(H,40,41,42,43)/t22?,30-/m0/s1. The molecule has 0 bridgehead atoms. The third-order valence-electron chi connectivity index (χ3n) is 9.42. The first kappa shape index (κ1) is 33.7. The number of hydrogen-bond acceptors (Lipinski definition) is 8. The maximum Gasteiger partial charge on any atom is 0.251 e. The van der Waals surface area contributed by atoms with Crippen molar-refractivity contribution in [3.63, 3.8) is 0 Å². The second kappa shape index (κ2) is 14.4. The lowest BCUT2D eigenvalue weighted by molar-refractivity contribution is -0.132. The number of nitrogens with zero attached hydrogens (tertiary/aromatic N) is 5. The van der Waals surface area contributed by atoms with Crippen LogP contribution in [0.3, 0.4) is 0 Å². The molecule has 2 aliphatic rings. The van der Waals surface area contributed by atoms with Crippen molar-refractivity contribution in [2.24, 2.45) is 5.92 Å². The van der Waals surface area contributed by atoms with E-state index in [1.54, 1.807) is 11.8 Å². The van der Waals surface area contributed by atoms with Gasteiger partial charge < -0.3 is 20.9 Å². The van der Waals surface area contributed by atoms with Gasteiger partial charge in [0, 0.05) is 36.3 Å². The zero-order valence-corrected chi connectivity index (χ0v) is 27.9.